The Morgan fingerprint density at radius 1 is 1.33 bits per heavy atom. The van der Waals surface area contributed by atoms with Gasteiger partial charge in [0, 0.05) is 16.1 Å². The molecule has 0 aliphatic heterocycles. The molecule has 0 spiro atoms. The Morgan fingerprint density at radius 3 is 2.86 bits per heavy atom. The average molecular weight is 341 g/mol. The van der Waals surface area contributed by atoms with Crippen molar-refractivity contribution in [2.24, 2.45) is 0 Å². The first-order valence-electron chi connectivity index (χ1n) is 6.35. The summed E-state index contributed by atoms with van der Waals surface area (Å²) in [6.07, 6.45) is 1.70. The van der Waals surface area contributed by atoms with E-state index in [1.807, 2.05) is 25.1 Å². The third-order valence-corrected chi connectivity index (χ3v) is 4.57. The number of carbonyl (C=O) groups excluding carboxylic acids is 1. The lowest BCUT2D eigenvalue weighted by molar-refractivity contribution is -0.120. The van der Waals surface area contributed by atoms with Gasteiger partial charge in [0.1, 0.15) is 0 Å². The summed E-state index contributed by atoms with van der Waals surface area (Å²) in [6, 6.07) is 10.8. The maximum Gasteiger partial charge on any atom is 0.233 e. The molecule has 1 heterocycles. The van der Waals surface area contributed by atoms with Crippen molar-refractivity contribution in [1.29, 1.82) is 0 Å². The van der Waals surface area contributed by atoms with Gasteiger partial charge >= 0.3 is 0 Å². The van der Waals surface area contributed by atoms with Crippen LogP contribution >= 0.6 is 35.0 Å². The number of nitrogens with zero attached hydrogens (tertiary/aromatic N) is 1. The number of thioether (sulfide) groups is 1. The van der Waals surface area contributed by atoms with Gasteiger partial charge in [-0.25, -0.2) is 0 Å². The molecule has 110 valence electrons. The Bertz CT molecular complexity index is 622. The molecule has 6 heteroatoms. The van der Waals surface area contributed by atoms with Crippen LogP contribution in [0.5, 0.6) is 0 Å². The van der Waals surface area contributed by atoms with E-state index >= 15 is 0 Å². The quantitative estimate of drug-likeness (QED) is 0.830. The molecule has 1 atom stereocenters. The Hall–Kier alpha value is -1.23. The van der Waals surface area contributed by atoms with Gasteiger partial charge in [0.15, 0.2) is 0 Å². The van der Waals surface area contributed by atoms with Crippen molar-refractivity contribution in [3.05, 3.63) is 58.3 Å². The molecule has 0 unspecified atom stereocenters. The van der Waals surface area contributed by atoms with E-state index in [-0.39, 0.29) is 11.2 Å². The van der Waals surface area contributed by atoms with Crippen LogP contribution in [0.15, 0.2) is 47.5 Å². The summed E-state index contributed by atoms with van der Waals surface area (Å²) in [6.45, 7) is 2.24. The van der Waals surface area contributed by atoms with Crippen LogP contribution in [0, 0.1) is 0 Å². The van der Waals surface area contributed by atoms with Gasteiger partial charge in [-0.05, 0) is 37.3 Å². The van der Waals surface area contributed by atoms with Crippen molar-refractivity contribution in [1.82, 2.24) is 10.3 Å². The fourth-order valence-corrected chi connectivity index (χ4v) is 3.07. The molecular formula is C15H14Cl2N2OS. The smallest absolute Gasteiger partial charge is 0.233 e. The van der Waals surface area contributed by atoms with Crippen molar-refractivity contribution >= 4 is 40.9 Å². The standard InChI is InChI=1S/C15H14Cl2N2OS/c1-10(21-14-8-11(16)5-6-13(14)17)15(20)19-9-12-4-2-3-7-18-12/h2-8,10H,9H2,1H3,(H,19,20)/t10-/m1/s1. The predicted molar refractivity (Wildman–Crippen MR) is 87.9 cm³/mol. The molecule has 1 aromatic carbocycles. The Kier molecular flexibility index (Phi) is 5.91. The van der Waals surface area contributed by atoms with Crippen molar-refractivity contribution in [2.75, 3.05) is 0 Å². The molecule has 0 fully saturated rings. The third-order valence-electron chi connectivity index (χ3n) is 2.74. The highest BCUT2D eigenvalue weighted by Gasteiger charge is 2.16. The highest BCUT2D eigenvalue weighted by atomic mass is 35.5. The SMILES string of the molecule is C[C@@H](Sc1cc(Cl)ccc1Cl)C(=O)NCc1ccccn1. The Labute approximate surface area is 138 Å². The molecular weight excluding hydrogens is 327 g/mol. The van der Waals surface area contributed by atoms with Crippen LogP contribution in [0.4, 0.5) is 0 Å². The number of aromatic nitrogens is 1. The van der Waals surface area contributed by atoms with E-state index in [0.717, 1.165) is 10.6 Å². The second kappa shape index (κ2) is 7.69. The van der Waals surface area contributed by atoms with Crippen LogP contribution in [0.25, 0.3) is 0 Å². The van der Waals surface area contributed by atoms with E-state index < -0.39 is 0 Å². The number of halogens is 2. The maximum atomic E-state index is 12.1. The van der Waals surface area contributed by atoms with E-state index in [1.165, 1.54) is 11.8 Å². The Morgan fingerprint density at radius 2 is 2.14 bits per heavy atom. The minimum Gasteiger partial charge on any atom is -0.349 e. The largest absolute Gasteiger partial charge is 0.349 e. The highest BCUT2D eigenvalue weighted by molar-refractivity contribution is 8.00. The van der Waals surface area contributed by atoms with Crippen LogP contribution in [0.3, 0.4) is 0 Å². The second-order valence-corrected chi connectivity index (χ2v) is 6.60. The molecule has 0 saturated heterocycles. The number of nitrogens with one attached hydrogen (secondary N) is 1. The molecule has 0 saturated carbocycles. The number of rotatable bonds is 5. The minimum atomic E-state index is -0.273. The summed E-state index contributed by atoms with van der Waals surface area (Å²) >= 11 is 13.4. The molecule has 1 aromatic heterocycles. The molecule has 0 aliphatic rings. The zero-order chi connectivity index (χ0) is 15.2. The Balaban J connectivity index is 1.92. The van der Waals surface area contributed by atoms with Gasteiger partial charge in [0.05, 0.1) is 22.5 Å². The normalized spacial score (nSPS) is 12.0. The van der Waals surface area contributed by atoms with Gasteiger partial charge < -0.3 is 5.32 Å². The van der Waals surface area contributed by atoms with E-state index in [0.29, 0.717) is 16.6 Å². The van der Waals surface area contributed by atoms with Crippen LogP contribution in [-0.2, 0) is 11.3 Å². The molecule has 0 radical (unpaired) electrons. The van der Waals surface area contributed by atoms with Crippen LogP contribution in [0.2, 0.25) is 10.0 Å². The summed E-state index contributed by atoms with van der Waals surface area (Å²) in [7, 11) is 0. The number of hydrogen-bond donors (Lipinski definition) is 1. The summed E-state index contributed by atoms with van der Waals surface area (Å²) in [5.74, 6) is -0.0679. The van der Waals surface area contributed by atoms with Gasteiger partial charge in [0.2, 0.25) is 5.91 Å². The summed E-state index contributed by atoms with van der Waals surface area (Å²) in [5.41, 5.74) is 0.823. The third kappa shape index (κ3) is 4.92. The molecule has 21 heavy (non-hydrogen) atoms. The predicted octanol–water partition coefficient (Wildman–Crippen LogP) is 4.19. The summed E-state index contributed by atoms with van der Waals surface area (Å²) in [4.78, 5) is 17.0. The van der Waals surface area contributed by atoms with Crippen LogP contribution in [-0.4, -0.2) is 16.1 Å². The average Bonchev–Trinajstić information content (AvgIpc) is 2.49. The van der Waals surface area contributed by atoms with E-state index in [9.17, 15) is 4.79 Å². The molecule has 3 nitrogen and oxygen atoms in total. The molecule has 2 rings (SSSR count). The van der Waals surface area contributed by atoms with Gasteiger partial charge in [-0.15, -0.1) is 11.8 Å². The number of benzene rings is 1. The van der Waals surface area contributed by atoms with Crippen LogP contribution < -0.4 is 5.32 Å². The zero-order valence-corrected chi connectivity index (χ0v) is 13.7. The van der Waals surface area contributed by atoms with Crippen molar-refractivity contribution in [2.45, 2.75) is 23.6 Å². The number of pyridine rings is 1. The lowest BCUT2D eigenvalue weighted by atomic mass is 10.3. The number of carbonyl (C=O) groups is 1. The fraction of sp³-hybridized carbons (Fsp3) is 0.200. The molecule has 1 amide bonds. The molecule has 1 N–H and O–H groups in total. The first kappa shape index (κ1) is 16.1. The molecule has 0 bridgehead atoms. The van der Waals surface area contributed by atoms with Crippen LogP contribution in [0.1, 0.15) is 12.6 Å². The monoisotopic (exact) mass is 340 g/mol. The van der Waals surface area contributed by atoms with Gasteiger partial charge in [-0.1, -0.05) is 29.3 Å². The van der Waals surface area contributed by atoms with Crippen molar-refractivity contribution in [3.63, 3.8) is 0 Å². The number of amides is 1. The fourth-order valence-electron chi connectivity index (χ4n) is 1.64. The molecule has 2 aromatic rings. The molecule has 0 aliphatic carbocycles. The van der Waals surface area contributed by atoms with Gasteiger partial charge in [0.25, 0.3) is 0 Å². The number of hydrogen-bond acceptors (Lipinski definition) is 3. The maximum absolute atomic E-state index is 12.1. The second-order valence-electron chi connectivity index (χ2n) is 4.37. The highest BCUT2D eigenvalue weighted by Crippen LogP contribution is 2.32. The van der Waals surface area contributed by atoms with Crippen molar-refractivity contribution < 1.29 is 4.79 Å². The lowest BCUT2D eigenvalue weighted by Crippen LogP contribution is -2.30. The van der Waals surface area contributed by atoms with Gasteiger partial charge in [-0.3, -0.25) is 9.78 Å². The zero-order valence-electron chi connectivity index (χ0n) is 11.3. The van der Waals surface area contributed by atoms with Crippen molar-refractivity contribution in [3.8, 4) is 0 Å². The van der Waals surface area contributed by atoms with E-state index in [1.54, 1.807) is 24.4 Å². The van der Waals surface area contributed by atoms with E-state index in [4.69, 9.17) is 23.2 Å². The van der Waals surface area contributed by atoms with E-state index in [2.05, 4.69) is 10.3 Å². The van der Waals surface area contributed by atoms with Gasteiger partial charge in [-0.2, -0.15) is 0 Å². The summed E-state index contributed by atoms with van der Waals surface area (Å²) < 4.78 is 0. The lowest BCUT2D eigenvalue weighted by Gasteiger charge is -2.13. The minimum absolute atomic E-state index is 0.0679. The topological polar surface area (TPSA) is 42.0 Å². The summed E-state index contributed by atoms with van der Waals surface area (Å²) in [5, 5.41) is 3.77. The first-order valence-corrected chi connectivity index (χ1v) is 7.99. The first-order chi connectivity index (χ1) is 10.1.